The van der Waals surface area contributed by atoms with Crippen molar-refractivity contribution in [2.75, 3.05) is 0 Å². The Morgan fingerprint density at radius 3 is 3.14 bits per heavy atom. The van der Waals surface area contributed by atoms with Gasteiger partial charge in [-0.15, -0.1) is 22.9 Å². The molecule has 74 valence electrons. The molecular weight excluding hydrogens is 218 g/mol. The van der Waals surface area contributed by atoms with Gasteiger partial charge in [0, 0.05) is 0 Å². The Bertz CT molecular complexity index is 381. The largest absolute Gasteiger partial charge is 0.442 e. The van der Waals surface area contributed by atoms with E-state index >= 15 is 0 Å². The number of alkyl halides is 1. The summed E-state index contributed by atoms with van der Waals surface area (Å²) in [4.78, 5) is 5.23. The quantitative estimate of drug-likeness (QED) is 0.748. The number of nitrogens with zero attached hydrogens (tertiary/aromatic N) is 1. The molecule has 0 bridgehead atoms. The van der Waals surface area contributed by atoms with Crippen molar-refractivity contribution in [1.29, 1.82) is 0 Å². The predicted molar refractivity (Wildman–Crippen MR) is 58.8 cm³/mol. The topological polar surface area (TPSA) is 26.0 Å². The maximum atomic E-state index is 5.77. The third-order valence-electron chi connectivity index (χ3n) is 2.10. The van der Waals surface area contributed by atoms with Crippen molar-refractivity contribution in [3.63, 3.8) is 0 Å². The highest BCUT2D eigenvalue weighted by Crippen LogP contribution is 2.32. The van der Waals surface area contributed by atoms with Gasteiger partial charge in [0.25, 0.3) is 0 Å². The Hall–Kier alpha value is -0.800. The molecule has 2 aromatic rings. The zero-order valence-corrected chi connectivity index (χ0v) is 9.36. The molecule has 14 heavy (non-hydrogen) atoms. The van der Waals surface area contributed by atoms with E-state index in [0.717, 1.165) is 22.8 Å². The summed E-state index contributed by atoms with van der Waals surface area (Å²) in [5, 5.41) is 2.06. The van der Waals surface area contributed by atoms with Crippen LogP contribution in [0.5, 0.6) is 0 Å². The molecule has 4 heteroatoms. The molecule has 2 rings (SSSR count). The van der Waals surface area contributed by atoms with Crippen molar-refractivity contribution in [2.24, 2.45) is 0 Å². The highest BCUT2D eigenvalue weighted by atomic mass is 35.5. The zero-order valence-electron chi connectivity index (χ0n) is 7.79. The Morgan fingerprint density at radius 2 is 2.43 bits per heavy atom. The van der Waals surface area contributed by atoms with Gasteiger partial charge in [-0.1, -0.05) is 6.92 Å². The number of rotatable bonds is 3. The molecule has 2 aromatic heterocycles. The highest BCUT2D eigenvalue weighted by molar-refractivity contribution is 7.13. The normalized spacial score (nSPS) is 10.7. The molecule has 2 nitrogen and oxygen atoms in total. The summed E-state index contributed by atoms with van der Waals surface area (Å²) >= 11 is 7.44. The first-order valence-corrected chi connectivity index (χ1v) is 5.83. The summed E-state index contributed by atoms with van der Waals surface area (Å²) in [5.41, 5.74) is 2.11. The lowest BCUT2D eigenvalue weighted by atomic mass is 10.1. The predicted octanol–water partition coefficient (Wildman–Crippen LogP) is 3.70. The molecule has 0 saturated heterocycles. The van der Waals surface area contributed by atoms with Gasteiger partial charge < -0.3 is 4.42 Å². The summed E-state index contributed by atoms with van der Waals surface area (Å²) in [7, 11) is 0. The van der Waals surface area contributed by atoms with Crippen LogP contribution in [0.1, 0.15) is 18.2 Å². The average molecular weight is 228 g/mol. The fraction of sp³-hybridized carbons (Fsp3) is 0.300. The molecule has 0 aliphatic rings. The lowest BCUT2D eigenvalue weighted by Gasteiger charge is -1.98. The molecule has 0 amide bonds. The second kappa shape index (κ2) is 4.15. The van der Waals surface area contributed by atoms with E-state index in [9.17, 15) is 0 Å². The van der Waals surface area contributed by atoms with Crippen molar-refractivity contribution < 1.29 is 4.42 Å². The van der Waals surface area contributed by atoms with Crippen molar-refractivity contribution in [1.82, 2.24) is 4.98 Å². The third kappa shape index (κ3) is 1.57. The van der Waals surface area contributed by atoms with Crippen LogP contribution >= 0.6 is 22.9 Å². The van der Waals surface area contributed by atoms with Crippen LogP contribution in [-0.2, 0) is 12.3 Å². The second-order valence-corrected chi connectivity index (χ2v) is 4.07. The first kappa shape index (κ1) is 9.74. The molecule has 0 unspecified atom stereocenters. The van der Waals surface area contributed by atoms with Gasteiger partial charge in [-0.2, -0.15) is 0 Å². The lowest BCUT2D eigenvalue weighted by Crippen LogP contribution is -1.84. The maximum absolute atomic E-state index is 5.77. The number of hydrogen-bond acceptors (Lipinski definition) is 3. The van der Waals surface area contributed by atoms with E-state index in [1.807, 2.05) is 0 Å². The van der Waals surface area contributed by atoms with Gasteiger partial charge >= 0.3 is 0 Å². The van der Waals surface area contributed by atoms with E-state index < -0.39 is 0 Å². The highest BCUT2D eigenvalue weighted by Gasteiger charge is 2.14. The van der Waals surface area contributed by atoms with E-state index in [1.165, 1.54) is 12.0 Å². The van der Waals surface area contributed by atoms with Crippen LogP contribution in [0.2, 0.25) is 0 Å². The van der Waals surface area contributed by atoms with E-state index in [4.69, 9.17) is 16.0 Å². The van der Waals surface area contributed by atoms with Gasteiger partial charge in [0.1, 0.15) is 5.69 Å². The van der Waals surface area contributed by atoms with E-state index in [1.54, 1.807) is 11.3 Å². The first-order chi connectivity index (χ1) is 6.86. The number of oxazole rings is 1. The Morgan fingerprint density at radius 1 is 1.57 bits per heavy atom. The first-order valence-electron chi connectivity index (χ1n) is 4.41. The van der Waals surface area contributed by atoms with Crippen molar-refractivity contribution in [2.45, 2.75) is 19.2 Å². The van der Waals surface area contributed by atoms with Crippen LogP contribution in [0.25, 0.3) is 10.6 Å². The van der Waals surface area contributed by atoms with E-state index in [0.29, 0.717) is 5.88 Å². The molecule has 0 saturated carbocycles. The summed E-state index contributed by atoms with van der Waals surface area (Å²) in [5.74, 6) is 1.22. The second-order valence-electron chi connectivity index (χ2n) is 2.89. The molecule has 0 N–H and O–H groups in total. The molecule has 0 aromatic carbocycles. The van der Waals surface area contributed by atoms with Crippen LogP contribution in [-0.4, -0.2) is 4.98 Å². The van der Waals surface area contributed by atoms with Gasteiger partial charge in [0.2, 0.25) is 0 Å². The van der Waals surface area contributed by atoms with Gasteiger partial charge in [-0.3, -0.25) is 0 Å². The molecule has 0 spiro atoms. The van der Waals surface area contributed by atoms with Crippen molar-refractivity contribution in [3.8, 4) is 10.6 Å². The maximum Gasteiger partial charge on any atom is 0.181 e. The molecule has 0 aliphatic heterocycles. The smallest absolute Gasteiger partial charge is 0.181 e. The molecule has 2 heterocycles. The summed E-state index contributed by atoms with van der Waals surface area (Å²) in [6.07, 6.45) is 2.45. The molecular formula is C10H10ClNOS. The van der Waals surface area contributed by atoms with Crippen LogP contribution in [0.15, 0.2) is 22.3 Å². The van der Waals surface area contributed by atoms with E-state index in [-0.39, 0.29) is 0 Å². The molecule has 0 radical (unpaired) electrons. The fourth-order valence-electron chi connectivity index (χ4n) is 1.36. The van der Waals surface area contributed by atoms with Crippen LogP contribution in [0.4, 0.5) is 0 Å². The summed E-state index contributed by atoms with van der Waals surface area (Å²) in [6, 6.07) is 2.11. The lowest BCUT2D eigenvalue weighted by molar-refractivity contribution is 0.572. The number of aromatic nitrogens is 1. The Labute approximate surface area is 91.5 Å². The van der Waals surface area contributed by atoms with Gasteiger partial charge in [-0.05, 0) is 23.4 Å². The number of hydrogen-bond donors (Lipinski definition) is 0. The van der Waals surface area contributed by atoms with Gasteiger partial charge in [-0.25, -0.2) is 4.98 Å². The molecule has 0 atom stereocenters. The van der Waals surface area contributed by atoms with Crippen LogP contribution in [0.3, 0.4) is 0 Å². The minimum Gasteiger partial charge on any atom is -0.442 e. The monoisotopic (exact) mass is 227 g/mol. The summed E-state index contributed by atoms with van der Waals surface area (Å²) in [6.45, 7) is 2.13. The van der Waals surface area contributed by atoms with Crippen molar-refractivity contribution in [3.05, 3.63) is 29.1 Å². The SMILES string of the molecule is CCc1ccsc1-c1ocnc1CCl. The Kier molecular flexibility index (Phi) is 2.89. The third-order valence-corrected chi connectivity index (χ3v) is 3.31. The standard InChI is InChI=1S/C10H10ClNOS/c1-2-7-3-4-14-10(7)9-8(5-11)12-6-13-9/h3-4,6H,2,5H2,1H3. The Balaban J connectivity index is 2.48. The van der Waals surface area contributed by atoms with Gasteiger partial charge in [0.15, 0.2) is 12.2 Å². The average Bonchev–Trinajstić information content (AvgIpc) is 2.85. The van der Waals surface area contributed by atoms with Crippen LogP contribution in [0, 0.1) is 0 Å². The van der Waals surface area contributed by atoms with Crippen molar-refractivity contribution >= 4 is 22.9 Å². The minimum absolute atomic E-state index is 0.396. The summed E-state index contributed by atoms with van der Waals surface area (Å²) < 4.78 is 5.36. The fourth-order valence-corrected chi connectivity index (χ4v) is 2.56. The van der Waals surface area contributed by atoms with E-state index in [2.05, 4.69) is 23.4 Å². The number of aryl methyl sites for hydroxylation is 1. The van der Waals surface area contributed by atoms with Gasteiger partial charge in [0.05, 0.1) is 10.8 Å². The molecule has 0 fully saturated rings. The number of thiophene rings is 1. The number of halogens is 1. The molecule has 0 aliphatic carbocycles. The van der Waals surface area contributed by atoms with Crippen LogP contribution < -0.4 is 0 Å². The minimum atomic E-state index is 0.396. The zero-order chi connectivity index (χ0) is 9.97.